The zero-order chi connectivity index (χ0) is 22.7. The Morgan fingerprint density at radius 1 is 0.875 bits per heavy atom. The number of nitro groups is 1. The Labute approximate surface area is 187 Å². The van der Waals surface area contributed by atoms with E-state index in [1.807, 2.05) is 40.1 Å². The number of non-ortho nitro benzene ring substituents is 1. The molecule has 2 fully saturated rings. The monoisotopic (exact) mass is 458 g/mol. The van der Waals surface area contributed by atoms with E-state index in [-0.39, 0.29) is 23.1 Å². The molecule has 10 heteroatoms. The van der Waals surface area contributed by atoms with Crippen LogP contribution in [0.2, 0.25) is 0 Å². The molecule has 0 aliphatic carbocycles. The molecule has 1 unspecified atom stereocenters. The number of hydrogen-bond acceptors (Lipinski definition) is 7. The van der Waals surface area contributed by atoms with Crippen molar-refractivity contribution in [1.82, 2.24) is 9.80 Å². The van der Waals surface area contributed by atoms with Gasteiger partial charge in [-0.25, -0.2) is 8.42 Å². The zero-order valence-corrected chi connectivity index (χ0v) is 18.5. The van der Waals surface area contributed by atoms with Crippen LogP contribution < -0.4 is 4.90 Å². The number of sulfone groups is 1. The van der Waals surface area contributed by atoms with Gasteiger partial charge in [0.05, 0.1) is 16.4 Å². The molecule has 0 N–H and O–H groups in total. The average Bonchev–Trinajstić information content (AvgIpc) is 2.81. The lowest BCUT2D eigenvalue weighted by molar-refractivity contribution is -0.384. The maximum atomic E-state index is 13.6. The molecule has 1 amide bonds. The molecule has 4 rings (SSSR count). The van der Waals surface area contributed by atoms with Gasteiger partial charge in [0, 0.05) is 57.1 Å². The predicted molar refractivity (Wildman–Crippen MR) is 121 cm³/mol. The van der Waals surface area contributed by atoms with Crippen LogP contribution in [0.25, 0.3) is 0 Å². The number of amides is 1. The quantitative estimate of drug-likeness (QED) is 0.496. The summed E-state index contributed by atoms with van der Waals surface area (Å²) in [5.41, 5.74) is 1.81. The lowest BCUT2D eigenvalue weighted by Crippen LogP contribution is -2.54. The summed E-state index contributed by atoms with van der Waals surface area (Å²) in [5.74, 6) is 0.119. The SMILES string of the molecule is O=C(C(c1ccccc1)N1CCS(=O)(=O)CC1)N1CCN(c2ccc([N+](=O)[O-])cc2)CC1. The number of benzene rings is 2. The largest absolute Gasteiger partial charge is 0.368 e. The fourth-order valence-electron chi connectivity index (χ4n) is 4.27. The van der Waals surface area contributed by atoms with E-state index in [4.69, 9.17) is 0 Å². The number of piperazine rings is 1. The Morgan fingerprint density at radius 3 is 2.03 bits per heavy atom. The number of rotatable bonds is 5. The van der Waals surface area contributed by atoms with E-state index in [2.05, 4.69) is 4.90 Å². The van der Waals surface area contributed by atoms with Gasteiger partial charge < -0.3 is 9.80 Å². The molecular formula is C22H26N4O5S. The van der Waals surface area contributed by atoms with Crippen LogP contribution in [0.1, 0.15) is 11.6 Å². The van der Waals surface area contributed by atoms with Crippen LogP contribution >= 0.6 is 0 Å². The highest BCUT2D eigenvalue weighted by atomic mass is 32.2. The zero-order valence-electron chi connectivity index (χ0n) is 17.7. The first kappa shape index (κ1) is 22.2. The van der Waals surface area contributed by atoms with E-state index in [0.717, 1.165) is 11.3 Å². The molecule has 2 aromatic rings. The summed E-state index contributed by atoms with van der Waals surface area (Å²) in [6.07, 6.45) is 0. The lowest BCUT2D eigenvalue weighted by Gasteiger charge is -2.40. The van der Waals surface area contributed by atoms with Crippen molar-refractivity contribution in [1.29, 1.82) is 0 Å². The molecule has 2 aromatic carbocycles. The summed E-state index contributed by atoms with van der Waals surface area (Å²) in [6, 6.07) is 15.5. The van der Waals surface area contributed by atoms with Crippen molar-refractivity contribution >= 4 is 27.1 Å². The maximum Gasteiger partial charge on any atom is 0.269 e. The van der Waals surface area contributed by atoms with E-state index >= 15 is 0 Å². The van der Waals surface area contributed by atoms with Crippen molar-refractivity contribution in [3.63, 3.8) is 0 Å². The van der Waals surface area contributed by atoms with Crippen LogP contribution in [0.4, 0.5) is 11.4 Å². The van der Waals surface area contributed by atoms with E-state index in [9.17, 15) is 23.3 Å². The van der Waals surface area contributed by atoms with Crippen molar-refractivity contribution in [2.45, 2.75) is 6.04 Å². The van der Waals surface area contributed by atoms with Crippen LogP contribution in [0, 0.1) is 10.1 Å². The molecule has 0 radical (unpaired) electrons. The van der Waals surface area contributed by atoms with E-state index in [1.54, 1.807) is 12.1 Å². The molecule has 2 aliphatic rings. The number of anilines is 1. The average molecular weight is 459 g/mol. The maximum absolute atomic E-state index is 13.6. The normalized spacial score (nSPS) is 20.0. The number of carbonyl (C=O) groups is 1. The topological polar surface area (TPSA) is 104 Å². The summed E-state index contributed by atoms with van der Waals surface area (Å²) < 4.78 is 23.8. The van der Waals surface area contributed by atoms with Gasteiger partial charge in [0.2, 0.25) is 5.91 Å². The molecule has 0 saturated carbocycles. The van der Waals surface area contributed by atoms with Gasteiger partial charge >= 0.3 is 0 Å². The second kappa shape index (κ2) is 9.25. The summed E-state index contributed by atoms with van der Waals surface area (Å²) in [5, 5.41) is 10.9. The van der Waals surface area contributed by atoms with Crippen molar-refractivity contribution in [2.24, 2.45) is 0 Å². The van der Waals surface area contributed by atoms with E-state index < -0.39 is 20.8 Å². The van der Waals surface area contributed by atoms with Crippen molar-refractivity contribution in [3.05, 3.63) is 70.3 Å². The Kier molecular flexibility index (Phi) is 6.43. The van der Waals surface area contributed by atoms with Crippen LogP contribution in [-0.4, -0.2) is 79.8 Å². The molecule has 32 heavy (non-hydrogen) atoms. The van der Waals surface area contributed by atoms with Gasteiger partial charge in [0.15, 0.2) is 9.84 Å². The second-order valence-electron chi connectivity index (χ2n) is 8.09. The van der Waals surface area contributed by atoms with Crippen LogP contribution in [-0.2, 0) is 14.6 Å². The lowest BCUT2D eigenvalue weighted by atomic mass is 10.0. The third-order valence-electron chi connectivity index (χ3n) is 6.11. The third kappa shape index (κ3) is 4.91. The third-order valence-corrected chi connectivity index (χ3v) is 7.72. The Balaban J connectivity index is 1.46. The molecule has 2 aliphatic heterocycles. The Bertz CT molecular complexity index is 1050. The minimum atomic E-state index is -3.04. The first-order valence-corrected chi connectivity index (χ1v) is 12.4. The van der Waals surface area contributed by atoms with E-state index in [1.165, 1.54) is 12.1 Å². The predicted octanol–water partition coefficient (Wildman–Crippen LogP) is 1.72. The first-order chi connectivity index (χ1) is 15.3. The van der Waals surface area contributed by atoms with Crippen molar-refractivity contribution < 1.29 is 18.1 Å². The Hall–Kier alpha value is -2.98. The van der Waals surface area contributed by atoms with E-state index in [0.29, 0.717) is 39.3 Å². The highest BCUT2D eigenvalue weighted by Crippen LogP contribution is 2.27. The summed E-state index contributed by atoms with van der Waals surface area (Å²) in [4.78, 5) is 29.9. The molecule has 0 spiro atoms. The molecule has 1 atom stereocenters. The molecular weight excluding hydrogens is 432 g/mol. The van der Waals surface area contributed by atoms with Gasteiger partial charge in [-0.2, -0.15) is 0 Å². The molecule has 2 heterocycles. The first-order valence-electron chi connectivity index (χ1n) is 10.6. The minimum absolute atomic E-state index is 0.0150. The van der Waals surface area contributed by atoms with Gasteiger partial charge in [0.25, 0.3) is 5.69 Å². The van der Waals surface area contributed by atoms with Crippen LogP contribution in [0.5, 0.6) is 0 Å². The van der Waals surface area contributed by atoms with Crippen molar-refractivity contribution in [3.8, 4) is 0 Å². The number of nitrogens with zero attached hydrogens (tertiary/aromatic N) is 4. The highest BCUT2D eigenvalue weighted by Gasteiger charge is 2.35. The smallest absolute Gasteiger partial charge is 0.269 e. The van der Waals surface area contributed by atoms with Crippen LogP contribution in [0.3, 0.4) is 0 Å². The fourth-order valence-corrected chi connectivity index (χ4v) is 5.50. The summed E-state index contributed by atoms with van der Waals surface area (Å²) in [7, 11) is -3.04. The molecule has 170 valence electrons. The van der Waals surface area contributed by atoms with Gasteiger partial charge in [-0.15, -0.1) is 0 Å². The molecule has 2 saturated heterocycles. The number of hydrogen-bond donors (Lipinski definition) is 0. The standard InChI is InChI=1S/C22H26N4O5S/c27-22(21(18-4-2-1-3-5-18)24-14-16-32(30,31)17-15-24)25-12-10-23(11-13-25)19-6-8-20(9-7-19)26(28)29/h1-9,21H,10-17H2. The van der Waals surface area contributed by atoms with Gasteiger partial charge in [-0.05, 0) is 17.7 Å². The van der Waals surface area contributed by atoms with Gasteiger partial charge in [-0.3, -0.25) is 19.8 Å². The number of nitro benzene ring substituents is 1. The Morgan fingerprint density at radius 2 is 1.47 bits per heavy atom. The molecule has 0 bridgehead atoms. The molecule has 9 nitrogen and oxygen atoms in total. The van der Waals surface area contributed by atoms with Crippen LogP contribution in [0.15, 0.2) is 54.6 Å². The fraction of sp³-hybridized carbons (Fsp3) is 0.409. The second-order valence-corrected chi connectivity index (χ2v) is 10.4. The molecule has 0 aromatic heterocycles. The van der Waals surface area contributed by atoms with Gasteiger partial charge in [-0.1, -0.05) is 30.3 Å². The summed E-state index contributed by atoms with van der Waals surface area (Å²) in [6.45, 7) is 3.00. The van der Waals surface area contributed by atoms with Crippen molar-refractivity contribution in [2.75, 3.05) is 55.7 Å². The minimum Gasteiger partial charge on any atom is -0.368 e. The summed E-state index contributed by atoms with van der Waals surface area (Å²) >= 11 is 0. The van der Waals surface area contributed by atoms with Gasteiger partial charge in [0.1, 0.15) is 6.04 Å². The highest BCUT2D eigenvalue weighted by molar-refractivity contribution is 7.91. The number of carbonyl (C=O) groups excluding carboxylic acids is 1.